The molecule has 168 valence electrons. The molecule has 7 nitrogen and oxygen atoms in total. The van der Waals surface area contributed by atoms with Gasteiger partial charge in [-0.05, 0) is 25.5 Å². The summed E-state index contributed by atoms with van der Waals surface area (Å²) < 4.78 is 5.56. The monoisotopic (exact) mass is 440 g/mol. The van der Waals surface area contributed by atoms with Gasteiger partial charge in [0.1, 0.15) is 5.82 Å². The van der Waals surface area contributed by atoms with E-state index in [2.05, 4.69) is 67.2 Å². The maximum absolute atomic E-state index is 5.56. The van der Waals surface area contributed by atoms with Gasteiger partial charge in [-0.3, -0.25) is 9.80 Å². The van der Waals surface area contributed by atoms with Crippen LogP contribution >= 0.6 is 0 Å². The van der Waals surface area contributed by atoms with Gasteiger partial charge in [0, 0.05) is 49.5 Å². The molecule has 4 aromatic rings. The Morgan fingerprint density at radius 2 is 1.61 bits per heavy atom. The van der Waals surface area contributed by atoms with Crippen molar-refractivity contribution in [2.45, 2.75) is 26.4 Å². The fourth-order valence-electron chi connectivity index (χ4n) is 4.29. The average Bonchev–Trinajstić information content (AvgIpc) is 3.33. The van der Waals surface area contributed by atoms with E-state index in [0.717, 1.165) is 48.8 Å². The minimum Gasteiger partial charge on any atom is -0.338 e. The molecule has 1 aliphatic heterocycles. The molecule has 1 saturated heterocycles. The fraction of sp³-hybridized carbons (Fsp3) is 0.308. The van der Waals surface area contributed by atoms with Crippen molar-refractivity contribution in [3.05, 3.63) is 84.1 Å². The number of rotatable bonds is 6. The number of hydrogen-bond donors (Lipinski definition) is 0. The lowest BCUT2D eigenvalue weighted by atomic mass is 10.1. The third-order valence-electron chi connectivity index (χ3n) is 6.28. The highest BCUT2D eigenvalue weighted by molar-refractivity contribution is 5.64. The van der Waals surface area contributed by atoms with Crippen LogP contribution < -0.4 is 0 Å². The van der Waals surface area contributed by atoms with E-state index in [0.29, 0.717) is 24.3 Å². The van der Waals surface area contributed by atoms with Gasteiger partial charge < -0.3 is 4.52 Å². The van der Waals surface area contributed by atoms with Crippen LogP contribution in [0.25, 0.3) is 22.6 Å². The van der Waals surface area contributed by atoms with Crippen molar-refractivity contribution in [2.24, 2.45) is 0 Å². The third-order valence-corrected chi connectivity index (χ3v) is 6.28. The molecule has 0 spiro atoms. The molecule has 1 atom stereocenters. The summed E-state index contributed by atoms with van der Waals surface area (Å²) in [7, 11) is 0. The van der Waals surface area contributed by atoms with Crippen LogP contribution in [0.4, 0.5) is 0 Å². The summed E-state index contributed by atoms with van der Waals surface area (Å²) in [6.45, 7) is 8.89. The SMILES string of the molecule is Cc1nccc(-c2ccc(-c3noc(CN4CCN(C(C)c5ccccc5)CC4)n3)cc2)n1. The molecule has 1 unspecified atom stereocenters. The molecule has 0 aliphatic carbocycles. The summed E-state index contributed by atoms with van der Waals surface area (Å²) in [5, 5.41) is 4.20. The van der Waals surface area contributed by atoms with Gasteiger partial charge in [0.25, 0.3) is 0 Å². The van der Waals surface area contributed by atoms with Gasteiger partial charge in [-0.25, -0.2) is 9.97 Å². The van der Waals surface area contributed by atoms with E-state index < -0.39 is 0 Å². The van der Waals surface area contributed by atoms with Crippen LogP contribution in [-0.2, 0) is 6.54 Å². The van der Waals surface area contributed by atoms with Crippen LogP contribution in [0.15, 0.2) is 71.4 Å². The van der Waals surface area contributed by atoms with Gasteiger partial charge >= 0.3 is 0 Å². The van der Waals surface area contributed by atoms with E-state index in [4.69, 9.17) is 4.52 Å². The van der Waals surface area contributed by atoms with Crippen molar-refractivity contribution in [1.82, 2.24) is 29.9 Å². The Balaban J connectivity index is 1.18. The van der Waals surface area contributed by atoms with Gasteiger partial charge in [0.15, 0.2) is 0 Å². The first-order chi connectivity index (χ1) is 16.2. The van der Waals surface area contributed by atoms with E-state index in [-0.39, 0.29) is 0 Å². The van der Waals surface area contributed by atoms with Crippen molar-refractivity contribution < 1.29 is 4.52 Å². The van der Waals surface area contributed by atoms with Crippen molar-refractivity contribution in [1.29, 1.82) is 0 Å². The first-order valence-electron chi connectivity index (χ1n) is 11.4. The molecule has 33 heavy (non-hydrogen) atoms. The van der Waals surface area contributed by atoms with Gasteiger partial charge in [0.05, 0.1) is 12.2 Å². The number of aromatic nitrogens is 4. The highest BCUT2D eigenvalue weighted by atomic mass is 16.5. The lowest BCUT2D eigenvalue weighted by molar-refractivity contribution is 0.0905. The van der Waals surface area contributed by atoms with Crippen LogP contribution in [0, 0.1) is 6.92 Å². The Kier molecular flexibility index (Phi) is 6.24. The maximum Gasteiger partial charge on any atom is 0.241 e. The van der Waals surface area contributed by atoms with Gasteiger partial charge in [-0.1, -0.05) is 59.8 Å². The van der Waals surface area contributed by atoms with Crippen LogP contribution in [0.2, 0.25) is 0 Å². The van der Waals surface area contributed by atoms with E-state index >= 15 is 0 Å². The van der Waals surface area contributed by atoms with E-state index in [1.54, 1.807) is 6.20 Å². The minimum absolute atomic E-state index is 0.428. The summed E-state index contributed by atoms with van der Waals surface area (Å²) >= 11 is 0. The molecular weight excluding hydrogens is 412 g/mol. The lowest BCUT2D eigenvalue weighted by Crippen LogP contribution is -2.46. The number of benzene rings is 2. The van der Waals surface area contributed by atoms with E-state index in [1.807, 2.05) is 37.3 Å². The molecular formula is C26H28N6O. The summed E-state index contributed by atoms with van der Waals surface area (Å²) in [6, 6.07) is 21.1. The summed E-state index contributed by atoms with van der Waals surface area (Å²) in [6.07, 6.45) is 1.78. The molecule has 0 bridgehead atoms. The molecule has 0 radical (unpaired) electrons. The molecule has 5 rings (SSSR count). The molecule has 1 fully saturated rings. The highest BCUT2D eigenvalue weighted by Gasteiger charge is 2.23. The summed E-state index contributed by atoms with van der Waals surface area (Å²) in [4.78, 5) is 18.2. The molecule has 0 amide bonds. The molecule has 2 aromatic carbocycles. The Morgan fingerprint density at radius 3 is 2.33 bits per heavy atom. The molecule has 1 aliphatic rings. The molecule has 7 heteroatoms. The first-order valence-corrected chi connectivity index (χ1v) is 11.4. The smallest absolute Gasteiger partial charge is 0.241 e. The normalized spacial score (nSPS) is 16.1. The molecule has 3 heterocycles. The number of hydrogen-bond acceptors (Lipinski definition) is 7. The quantitative estimate of drug-likeness (QED) is 0.441. The number of piperazine rings is 1. The average molecular weight is 441 g/mol. The van der Waals surface area contributed by atoms with Crippen molar-refractivity contribution in [3.63, 3.8) is 0 Å². The van der Waals surface area contributed by atoms with E-state index in [9.17, 15) is 0 Å². The van der Waals surface area contributed by atoms with Crippen molar-refractivity contribution in [2.75, 3.05) is 26.2 Å². The molecule has 0 N–H and O–H groups in total. The van der Waals surface area contributed by atoms with Crippen LogP contribution in [-0.4, -0.2) is 56.1 Å². The fourth-order valence-corrected chi connectivity index (χ4v) is 4.29. The first kappa shape index (κ1) is 21.4. The van der Waals surface area contributed by atoms with E-state index in [1.165, 1.54) is 5.56 Å². The maximum atomic E-state index is 5.56. The van der Waals surface area contributed by atoms with Gasteiger partial charge in [-0.2, -0.15) is 4.98 Å². The van der Waals surface area contributed by atoms with Crippen LogP contribution in [0.3, 0.4) is 0 Å². The molecule has 0 saturated carbocycles. The second kappa shape index (κ2) is 9.60. The predicted octanol–water partition coefficient (Wildman–Crippen LogP) is 4.38. The highest BCUT2D eigenvalue weighted by Crippen LogP contribution is 2.24. The standard InChI is InChI=1S/C26H28N6O/c1-19(21-6-4-3-5-7-21)32-16-14-31(15-17-32)18-25-29-26(30-33-25)23-10-8-22(9-11-23)24-12-13-27-20(2)28-24/h3-13,19H,14-18H2,1-2H3. The Hall–Kier alpha value is -3.42. The second-order valence-electron chi connectivity index (χ2n) is 8.48. The Bertz CT molecular complexity index is 1180. The largest absolute Gasteiger partial charge is 0.338 e. The van der Waals surface area contributed by atoms with Crippen molar-refractivity contribution >= 4 is 0 Å². The number of nitrogens with zero attached hydrogens (tertiary/aromatic N) is 6. The number of aryl methyl sites for hydroxylation is 1. The summed E-state index contributed by atoms with van der Waals surface area (Å²) in [5.74, 6) is 2.03. The Morgan fingerprint density at radius 1 is 0.879 bits per heavy atom. The predicted molar refractivity (Wildman–Crippen MR) is 127 cm³/mol. The van der Waals surface area contributed by atoms with Gasteiger partial charge in [0.2, 0.25) is 11.7 Å². The topological polar surface area (TPSA) is 71.2 Å². The third kappa shape index (κ3) is 4.99. The second-order valence-corrected chi connectivity index (χ2v) is 8.48. The van der Waals surface area contributed by atoms with Crippen molar-refractivity contribution in [3.8, 4) is 22.6 Å². The zero-order valence-electron chi connectivity index (χ0n) is 19.1. The summed E-state index contributed by atoms with van der Waals surface area (Å²) in [5.41, 5.74) is 4.24. The molecule has 2 aromatic heterocycles. The van der Waals surface area contributed by atoms with Crippen LogP contribution in [0.1, 0.15) is 30.2 Å². The Labute approximate surface area is 194 Å². The lowest BCUT2D eigenvalue weighted by Gasteiger charge is -2.37. The van der Waals surface area contributed by atoms with Gasteiger partial charge in [-0.15, -0.1) is 0 Å². The zero-order valence-corrected chi connectivity index (χ0v) is 19.1. The van der Waals surface area contributed by atoms with Crippen LogP contribution in [0.5, 0.6) is 0 Å². The minimum atomic E-state index is 0.428. The zero-order chi connectivity index (χ0) is 22.6.